The second-order valence-corrected chi connectivity index (χ2v) is 11.6. The third-order valence-corrected chi connectivity index (χ3v) is 7.89. The fourth-order valence-electron chi connectivity index (χ4n) is 4.36. The summed E-state index contributed by atoms with van der Waals surface area (Å²) in [5.74, 6) is -0.0317. The van der Waals surface area contributed by atoms with E-state index in [1.165, 1.54) is 82.8 Å². The summed E-state index contributed by atoms with van der Waals surface area (Å²) in [5.41, 5.74) is -0.448. The van der Waals surface area contributed by atoms with Crippen LogP contribution < -0.4 is 59.1 Å². The van der Waals surface area contributed by atoms with Gasteiger partial charge < -0.3 is 9.11 Å². The molecule has 1 aromatic carbocycles. The van der Waals surface area contributed by atoms with Crippen LogP contribution in [-0.2, 0) is 26.8 Å². The molecule has 1 aromatic heterocycles. The van der Waals surface area contributed by atoms with Crippen molar-refractivity contribution < 1.29 is 85.1 Å². The predicted molar refractivity (Wildman–Crippen MR) is 131 cm³/mol. The number of fused-ring (bicyclic) bond motifs is 1. The maximum atomic E-state index is 11.8. The third-order valence-electron chi connectivity index (χ3n) is 6.17. The summed E-state index contributed by atoms with van der Waals surface area (Å²) >= 11 is 0. The van der Waals surface area contributed by atoms with E-state index < -0.39 is 25.3 Å². The van der Waals surface area contributed by atoms with Crippen LogP contribution in [0.25, 0.3) is 11.0 Å². The normalized spacial score (nSPS) is 11.9. The first-order valence-corrected chi connectivity index (χ1v) is 15.4. The molecule has 2 rings (SSSR count). The molecular formula is C24H38N2Na2O6S2. The molecule has 8 nitrogen and oxygen atoms in total. The largest absolute Gasteiger partial charge is 1.00 e. The van der Waals surface area contributed by atoms with E-state index in [2.05, 4.69) is 11.9 Å². The van der Waals surface area contributed by atoms with Crippen LogP contribution >= 0.6 is 0 Å². The Morgan fingerprint density at radius 2 is 1.17 bits per heavy atom. The molecule has 2 aromatic rings. The molecule has 0 amide bonds. The number of hydrogen-bond acceptors (Lipinski definition) is 7. The zero-order chi connectivity index (χ0) is 25.0. The molecule has 0 fully saturated rings. The molecule has 12 heteroatoms. The van der Waals surface area contributed by atoms with E-state index in [0.717, 1.165) is 25.3 Å². The number of para-hydroxylation sites is 1. The SMILES string of the molecule is CCCCCCCCCCCCCCCCCc1nc2c(S(=O)(=O)[O-])cccc2n1S(=O)(=O)[O-].[Na+].[Na+]. The molecule has 0 aliphatic rings. The van der Waals surface area contributed by atoms with Crippen LogP contribution in [0.15, 0.2) is 23.1 Å². The van der Waals surface area contributed by atoms with E-state index in [1.54, 1.807) is 0 Å². The average molecular weight is 561 g/mol. The molecule has 0 N–H and O–H groups in total. The molecular weight excluding hydrogens is 522 g/mol. The Bertz CT molecular complexity index is 1110. The minimum atomic E-state index is -4.94. The van der Waals surface area contributed by atoms with E-state index in [-0.39, 0.29) is 82.4 Å². The molecule has 0 saturated heterocycles. The van der Waals surface area contributed by atoms with E-state index >= 15 is 0 Å². The zero-order valence-electron chi connectivity index (χ0n) is 22.2. The summed E-state index contributed by atoms with van der Waals surface area (Å²) in [5, 5.41) is 0. The van der Waals surface area contributed by atoms with Crippen LogP contribution in [0, 0.1) is 0 Å². The predicted octanol–water partition coefficient (Wildman–Crippen LogP) is -0.329. The van der Waals surface area contributed by atoms with Crippen molar-refractivity contribution in [3.05, 3.63) is 24.0 Å². The second kappa shape index (κ2) is 18.7. The quantitative estimate of drug-likeness (QED) is 0.139. The van der Waals surface area contributed by atoms with Gasteiger partial charge in [0.05, 0.1) is 10.4 Å². The average Bonchev–Trinajstić information content (AvgIpc) is 3.14. The maximum Gasteiger partial charge on any atom is 1.00 e. The molecule has 0 bridgehead atoms. The van der Waals surface area contributed by atoms with Crippen molar-refractivity contribution in [2.75, 3.05) is 0 Å². The zero-order valence-corrected chi connectivity index (χ0v) is 27.8. The molecule has 0 radical (unpaired) electrons. The Morgan fingerprint density at radius 3 is 1.58 bits per heavy atom. The van der Waals surface area contributed by atoms with Gasteiger partial charge in [0, 0.05) is 6.42 Å². The molecule has 0 aliphatic carbocycles. The summed E-state index contributed by atoms with van der Waals surface area (Å²) in [7, 11) is -9.79. The van der Waals surface area contributed by atoms with Gasteiger partial charge in [0.2, 0.25) is 0 Å². The van der Waals surface area contributed by atoms with Crippen LogP contribution in [-0.4, -0.2) is 34.9 Å². The van der Waals surface area contributed by atoms with Gasteiger partial charge in [-0.1, -0.05) is 103 Å². The van der Waals surface area contributed by atoms with Crippen molar-refractivity contribution in [3.63, 3.8) is 0 Å². The summed E-state index contributed by atoms with van der Waals surface area (Å²) in [6.07, 6.45) is 18.2. The minimum Gasteiger partial charge on any atom is -0.744 e. The van der Waals surface area contributed by atoms with Crippen LogP contribution in [0.3, 0.4) is 0 Å². The van der Waals surface area contributed by atoms with Crippen molar-refractivity contribution in [2.24, 2.45) is 0 Å². The molecule has 0 aliphatic heterocycles. The summed E-state index contributed by atoms with van der Waals surface area (Å²) in [6.45, 7) is 2.24. The maximum absolute atomic E-state index is 11.8. The van der Waals surface area contributed by atoms with E-state index in [4.69, 9.17) is 0 Å². The number of aryl methyl sites for hydroxylation is 1. The monoisotopic (exact) mass is 560 g/mol. The number of aromatic nitrogens is 2. The second-order valence-electron chi connectivity index (χ2n) is 9.03. The van der Waals surface area contributed by atoms with Crippen molar-refractivity contribution in [2.45, 2.75) is 115 Å². The topological polar surface area (TPSA) is 132 Å². The van der Waals surface area contributed by atoms with Crippen LogP contribution in [0.2, 0.25) is 0 Å². The van der Waals surface area contributed by atoms with Gasteiger partial charge in [0.25, 0.3) is 0 Å². The van der Waals surface area contributed by atoms with Crippen molar-refractivity contribution in [1.82, 2.24) is 8.96 Å². The van der Waals surface area contributed by atoms with Gasteiger partial charge in [-0.05, 0) is 18.6 Å². The molecule has 0 atom stereocenters. The van der Waals surface area contributed by atoms with Gasteiger partial charge in [-0.3, -0.25) is 0 Å². The van der Waals surface area contributed by atoms with Crippen LogP contribution in [0.4, 0.5) is 0 Å². The molecule has 194 valence electrons. The van der Waals surface area contributed by atoms with Gasteiger partial charge in [-0.2, -0.15) is 0 Å². The molecule has 1 heterocycles. The molecule has 36 heavy (non-hydrogen) atoms. The van der Waals surface area contributed by atoms with Crippen LogP contribution in [0.5, 0.6) is 0 Å². The molecule has 0 unspecified atom stereocenters. The smallest absolute Gasteiger partial charge is 0.744 e. The number of nitrogens with zero attached hydrogens (tertiary/aromatic N) is 2. The number of benzene rings is 1. The van der Waals surface area contributed by atoms with Gasteiger partial charge in [0.15, 0.2) is 10.3 Å². The van der Waals surface area contributed by atoms with E-state index in [1.807, 2.05) is 0 Å². The van der Waals surface area contributed by atoms with Crippen molar-refractivity contribution >= 4 is 31.5 Å². The van der Waals surface area contributed by atoms with E-state index in [9.17, 15) is 25.9 Å². The Labute approximate surface area is 261 Å². The number of unbranched alkanes of at least 4 members (excludes halogenated alkanes) is 14. The van der Waals surface area contributed by atoms with Crippen molar-refractivity contribution in [3.8, 4) is 0 Å². The number of imidazole rings is 1. The first-order chi connectivity index (χ1) is 16.2. The van der Waals surface area contributed by atoms with Crippen LogP contribution in [0.1, 0.15) is 109 Å². The standard InChI is InChI=1S/C24H40N2O6S2.2Na/c1-2-3-4-5-6-7-8-9-10-11-12-13-14-15-16-20-23-25-24-21(26(23)34(30,31)32)18-17-19-22(24)33(27,28)29;;/h17-19H,2-16,20H2,1H3,(H,27,28,29)(H,30,31,32);;/q;2*+1/p-2. The van der Waals surface area contributed by atoms with Gasteiger partial charge in [0.1, 0.15) is 21.5 Å². The Balaban J connectivity index is 0.00000612. The summed E-state index contributed by atoms with van der Waals surface area (Å²) in [6, 6.07) is 3.58. The third kappa shape index (κ3) is 12.6. The van der Waals surface area contributed by atoms with Gasteiger partial charge >= 0.3 is 59.1 Å². The first kappa shape index (κ1) is 36.5. The fraction of sp³-hybridized carbons (Fsp3) is 0.708. The fourth-order valence-corrected chi connectivity index (χ4v) is 5.77. The Hall–Kier alpha value is 0.510. The Morgan fingerprint density at radius 1 is 0.722 bits per heavy atom. The van der Waals surface area contributed by atoms with Gasteiger partial charge in [-0.15, -0.1) is 0 Å². The number of rotatable bonds is 18. The minimum absolute atomic E-state index is 0. The summed E-state index contributed by atoms with van der Waals surface area (Å²) < 4.78 is 70.4. The summed E-state index contributed by atoms with van der Waals surface area (Å²) in [4.78, 5) is 3.43. The van der Waals surface area contributed by atoms with Gasteiger partial charge in [-0.25, -0.2) is 25.8 Å². The Kier molecular flexibility index (Phi) is 19.0. The molecule has 0 saturated carbocycles. The van der Waals surface area contributed by atoms with Crippen molar-refractivity contribution in [1.29, 1.82) is 0 Å². The number of hydrogen-bond donors (Lipinski definition) is 0. The first-order valence-electron chi connectivity index (χ1n) is 12.6. The molecule has 0 spiro atoms. The van der Waals surface area contributed by atoms with E-state index in [0.29, 0.717) is 10.4 Å².